The minimum absolute atomic E-state index is 0.242. The van der Waals surface area contributed by atoms with Crippen LogP contribution in [0.25, 0.3) is 0 Å². The van der Waals surface area contributed by atoms with Gasteiger partial charge in [-0.05, 0) is 30.9 Å². The summed E-state index contributed by atoms with van der Waals surface area (Å²) in [5, 5.41) is 3.90. The van der Waals surface area contributed by atoms with E-state index in [1.165, 1.54) is 18.9 Å². The van der Waals surface area contributed by atoms with Crippen LogP contribution in [0.4, 0.5) is 4.39 Å². The van der Waals surface area contributed by atoms with E-state index in [2.05, 4.69) is 5.32 Å². The quantitative estimate of drug-likeness (QED) is 0.812. The molecule has 0 bridgehead atoms. The monoisotopic (exact) mass is 289 g/mol. The van der Waals surface area contributed by atoms with Crippen LogP contribution in [0.5, 0.6) is 0 Å². The molecule has 0 spiro atoms. The van der Waals surface area contributed by atoms with Gasteiger partial charge in [0.15, 0.2) is 0 Å². The molecule has 2 atom stereocenters. The summed E-state index contributed by atoms with van der Waals surface area (Å²) in [5.41, 5.74) is 0.554. The van der Waals surface area contributed by atoms with Gasteiger partial charge in [0.2, 0.25) is 0 Å². The molecule has 0 aliphatic heterocycles. The zero-order valence-corrected chi connectivity index (χ0v) is 11.8. The van der Waals surface area contributed by atoms with E-state index in [-0.39, 0.29) is 5.82 Å². The first-order valence-electron chi connectivity index (χ1n) is 6.44. The minimum atomic E-state index is -0.242. The summed E-state index contributed by atoms with van der Waals surface area (Å²) in [4.78, 5) is 0. The Morgan fingerprint density at radius 2 is 2.06 bits per heavy atom. The van der Waals surface area contributed by atoms with Gasteiger partial charge in [-0.15, -0.1) is 11.6 Å². The Bertz CT molecular complexity index is 377. The van der Waals surface area contributed by atoms with Crippen molar-refractivity contribution in [2.24, 2.45) is 5.92 Å². The molecule has 4 heteroatoms. The molecule has 1 aliphatic carbocycles. The van der Waals surface area contributed by atoms with Crippen LogP contribution in [0.1, 0.15) is 31.2 Å². The van der Waals surface area contributed by atoms with E-state index in [0.29, 0.717) is 35.0 Å². The second kappa shape index (κ2) is 6.74. The molecule has 0 aromatic heterocycles. The number of halogens is 3. The Morgan fingerprint density at radius 1 is 1.28 bits per heavy atom. The first-order valence-corrected chi connectivity index (χ1v) is 7.36. The number of nitrogens with one attached hydrogen (secondary N) is 1. The van der Waals surface area contributed by atoms with Crippen LogP contribution in [-0.2, 0) is 6.54 Å². The van der Waals surface area contributed by atoms with E-state index in [1.54, 1.807) is 12.1 Å². The summed E-state index contributed by atoms with van der Waals surface area (Å²) in [6, 6.07) is 5.18. The van der Waals surface area contributed by atoms with Crippen molar-refractivity contribution in [2.75, 3.05) is 5.88 Å². The number of hydrogen-bond donors (Lipinski definition) is 1. The first-order chi connectivity index (χ1) is 8.72. The molecule has 0 saturated heterocycles. The lowest BCUT2D eigenvalue weighted by Gasteiger charge is -2.31. The third-order valence-corrected chi connectivity index (χ3v) is 4.46. The molecule has 18 heavy (non-hydrogen) atoms. The smallest absolute Gasteiger partial charge is 0.129 e. The highest BCUT2D eigenvalue weighted by Gasteiger charge is 2.24. The molecule has 1 aromatic rings. The highest BCUT2D eigenvalue weighted by atomic mass is 35.5. The van der Waals surface area contributed by atoms with Gasteiger partial charge in [0.25, 0.3) is 0 Å². The Labute approximate surface area is 118 Å². The normalized spacial score (nSPS) is 24.2. The van der Waals surface area contributed by atoms with Crippen LogP contribution in [0, 0.1) is 11.7 Å². The SMILES string of the molecule is Fc1cccc(Cl)c1CNC1CCCCC1CCl. The Morgan fingerprint density at radius 3 is 2.78 bits per heavy atom. The molecule has 1 saturated carbocycles. The van der Waals surface area contributed by atoms with Gasteiger partial charge in [0, 0.05) is 29.1 Å². The third-order valence-electron chi connectivity index (χ3n) is 3.71. The van der Waals surface area contributed by atoms with Crippen LogP contribution in [0.2, 0.25) is 5.02 Å². The largest absolute Gasteiger partial charge is 0.309 e. The second-order valence-electron chi connectivity index (χ2n) is 4.89. The van der Waals surface area contributed by atoms with Crippen LogP contribution in [0.15, 0.2) is 18.2 Å². The van der Waals surface area contributed by atoms with Crippen molar-refractivity contribution in [3.05, 3.63) is 34.6 Å². The van der Waals surface area contributed by atoms with Gasteiger partial charge < -0.3 is 5.32 Å². The van der Waals surface area contributed by atoms with Crippen molar-refractivity contribution in [2.45, 2.75) is 38.3 Å². The fraction of sp³-hybridized carbons (Fsp3) is 0.571. The third kappa shape index (κ3) is 3.37. The summed E-state index contributed by atoms with van der Waals surface area (Å²) < 4.78 is 13.6. The molecule has 1 nitrogen and oxygen atoms in total. The molecule has 0 heterocycles. The zero-order chi connectivity index (χ0) is 13.0. The average Bonchev–Trinajstić information content (AvgIpc) is 2.38. The Kier molecular flexibility index (Phi) is 5.28. The molecule has 0 radical (unpaired) electrons. The van der Waals surface area contributed by atoms with Crippen LogP contribution < -0.4 is 5.32 Å². The van der Waals surface area contributed by atoms with Crippen molar-refractivity contribution in [3.8, 4) is 0 Å². The van der Waals surface area contributed by atoms with E-state index in [9.17, 15) is 4.39 Å². The summed E-state index contributed by atoms with van der Waals surface area (Å²) in [6.07, 6.45) is 4.74. The van der Waals surface area contributed by atoms with E-state index in [4.69, 9.17) is 23.2 Å². The summed E-state index contributed by atoms with van der Waals surface area (Å²) in [7, 11) is 0. The average molecular weight is 290 g/mol. The number of alkyl halides is 1. The van der Waals surface area contributed by atoms with E-state index < -0.39 is 0 Å². The van der Waals surface area contributed by atoms with Crippen LogP contribution >= 0.6 is 23.2 Å². The molecule has 1 aliphatic rings. The van der Waals surface area contributed by atoms with Gasteiger partial charge in [0.1, 0.15) is 5.82 Å². The van der Waals surface area contributed by atoms with Crippen molar-refractivity contribution in [1.82, 2.24) is 5.32 Å². The Balaban J connectivity index is 1.98. The lowest BCUT2D eigenvalue weighted by atomic mass is 9.85. The summed E-state index contributed by atoms with van der Waals surface area (Å²) in [5.74, 6) is 0.919. The molecule has 2 unspecified atom stereocenters. The maximum atomic E-state index is 13.6. The molecular formula is C14H18Cl2FN. The van der Waals surface area contributed by atoms with Gasteiger partial charge in [-0.2, -0.15) is 0 Å². The molecule has 2 rings (SSSR count). The maximum Gasteiger partial charge on any atom is 0.129 e. The number of hydrogen-bond acceptors (Lipinski definition) is 1. The fourth-order valence-electron chi connectivity index (χ4n) is 2.60. The van der Waals surface area contributed by atoms with E-state index in [1.807, 2.05) is 0 Å². The predicted octanol–water partition coefficient (Wildman–Crippen LogP) is 4.37. The topological polar surface area (TPSA) is 12.0 Å². The van der Waals surface area contributed by atoms with Crippen LogP contribution in [0.3, 0.4) is 0 Å². The number of rotatable bonds is 4. The highest BCUT2D eigenvalue weighted by molar-refractivity contribution is 6.31. The zero-order valence-electron chi connectivity index (χ0n) is 10.3. The van der Waals surface area contributed by atoms with Gasteiger partial charge in [-0.1, -0.05) is 30.5 Å². The highest BCUT2D eigenvalue weighted by Crippen LogP contribution is 2.26. The van der Waals surface area contributed by atoms with E-state index >= 15 is 0 Å². The Hall–Kier alpha value is -0.310. The number of benzene rings is 1. The van der Waals surface area contributed by atoms with E-state index in [0.717, 1.165) is 12.8 Å². The molecule has 1 fully saturated rings. The van der Waals surface area contributed by atoms with Gasteiger partial charge >= 0.3 is 0 Å². The van der Waals surface area contributed by atoms with Gasteiger partial charge in [-0.25, -0.2) is 4.39 Å². The van der Waals surface area contributed by atoms with Gasteiger partial charge in [-0.3, -0.25) is 0 Å². The van der Waals surface area contributed by atoms with Crippen molar-refractivity contribution in [3.63, 3.8) is 0 Å². The lowest BCUT2D eigenvalue weighted by Crippen LogP contribution is -2.39. The van der Waals surface area contributed by atoms with Crippen molar-refractivity contribution < 1.29 is 4.39 Å². The van der Waals surface area contributed by atoms with Crippen LogP contribution in [-0.4, -0.2) is 11.9 Å². The maximum absolute atomic E-state index is 13.6. The molecular weight excluding hydrogens is 272 g/mol. The standard InChI is InChI=1S/C14H18Cl2FN/c15-8-10-4-1-2-7-14(10)18-9-11-12(16)5-3-6-13(11)17/h3,5-6,10,14,18H,1-2,4,7-9H2. The first kappa shape index (κ1) is 14.1. The molecule has 100 valence electrons. The lowest BCUT2D eigenvalue weighted by molar-refractivity contribution is 0.281. The molecule has 0 amide bonds. The molecule has 1 aromatic carbocycles. The van der Waals surface area contributed by atoms with Crippen molar-refractivity contribution in [1.29, 1.82) is 0 Å². The predicted molar refractivity (Wildman–Crippen MR) is 74.7 cm³/mol. The minimum Gasteiger partial charge on any atom is -0.309 e. The van der Waals surface area contributed by atoms with Crippen molar-refractivity contribution >= 4 is 23.2 Å². The summed E-state index contributed by atoms with van der Waals surface area (Å²) in [6.45, 7) is 0.476. The second-order valence-corrected chi connectivity index (χ2v) is 5.60. The fourth-order valence-corrected chi connectivity index (χ4v) is 3.19. The van der Waals surface area contributed by atoms with Gasteiger partial charge in [0.05, 0.1) is 0 Å². The molecule has 1 N–H and O–H groups in total. The summed E-state index contributed by atoms with van der Waals surface area (Å²) >= 11 is 12.0.